The highest BCUT2D eigenvalue weighted by Crippen LogP contribution is 1.78. The van der Waals surface area contributed by atoms with Crippen LogP contribution in [0.2, 0.25) is 0 Å². The third kappa shape index (κ3) is 84.6. The lowest BCUT2D eigenvalue weighted by atomic mass is 11.1. The maximum absolute atomic E-state index is 10.8. The molecular weight excluding hydrogens is 150 g/mol. The van der Waals surface area contributed by atoms with Gasteiger partial charge in [-0.1, -0.05) is 6.58 Å². The zero-order chi connectivity index (χ0) is 8.57. The normalized spacial score (nSPS) is 6.60. The van der Waals surface area contributed by atoms with Crippen LogP contribution in [0.15, 0.2) is 12.8 Å². The molecule has 0 bridgehead atoms. The molecule has 0 radical (unpaired) electrons. The number of hydrogen-bond donors (Lipinski definition) is 1. The first-order valence-corrected chi connectivity index (χ1v) is 1.86. The van der Waals surface area contributed by atoms with Crippen molar-refractivity contribution < 1.29 is 28.2 Å². The van der Waals surface area contributed by atoms with Crippen molar-refractivity contribution in [1.29, 1.82) is 0 Å². The smallest absolute Gasteiger partial charge is 0.456 e. The lowest BCUT2D eigenvalue weighted by Crippen LogP contribution is -1.81. The van der Waals surface area contributed by atoms with Crippen molar-refractivity contribution >= 4 is 12.4 Å². The number of rotatable bonds is 1. The Balaban J connectivity index is 0. The molecule has 0 fully saturated rings. The van der Waals surface area contributed by atoms with Crippen molar-refractivity contribution in [3.05, 3.63) is 12.8 Å². The Labute approximate surface area is 54.7 Å². The molecular formula is C4H4F2O4. The van der Waals surface area contributed by atoms with E-state index in [1.807, 2.05) is 0 Å². The van der Waals surface area contributed by atoms with E-state index in [4.69, 9.17) is 14.7 Å². The lowest BCUT2D eigenvalue weighted by Gasteiger charge is -1.78. The summed E-state index contributed by atoms with van der Waals surface area (Å²) < 4.78 is 24.2. The van der Waals surface area contributed by atoms with Gasteiger partial charge >= 0.3 is 12.4 Å². The van der Waals surface area contributed by atoms with Gasteiger partial charge in [-0.25, -0.2) is 9.59 Å². The van der Waals surface area contributed by atoms with Crippen LogP contribution < -0.4 is 0 Å². The van der Waals surface area contributed by atoms with Crippen LogP contribution in [0.4, 0.5) is 18.4 Å². The molecule has 58 valence electrons. The van der Waals surface area contributed by atoms with Gasteiger partial charge in [0, 0.05) is 0 Å². The minimum absolute atomic E-state index is 0.725. The molecule has 4 nitrogen and oxygen atoms in total. The molecule has 1 N–H and O–H groups in total. The molecule has 0 aromatic carbocycles. The number of hydrogen-bond acceptors (Lipinski definition) is 3. The highest BCUT2D eigenvalue weighted by molar-refractivity contribution is 5.58. The van der Waals surface area contributed by atoms with Crippen LogP contribution in [0, 0.1) is 0 Å². The van der Waals surface area contributed by atoms with E-state index in [9.17, 15) is 8.78 Å². The van der Waals surface area contributed by atoms with Crippen LogP contribution in [0.3, 0.4) is 0 Å². The molecule has 0 aliphatic heterocycles. The van der Waals surface area contributed by atoms with Gasteiger partial charge in [0.05, 0.1) is 6.26 Å². The van der Waals surface area contributed by atoms with Gasteiger partial charge in [-0.05, 0) is 0 Å². The Morgan fingerprint density at radius 2 is 1.80 bits per heavy atom. The summed E-state index contributed by atoms with van der Waals surface area (Å²) in [4.78, 5) is 17.4. The van der Waals surface area contributed by atoms with Crippen LogP contribution in [-0.4, -0.2) is 17.6 Å². The molecule has 10 heavy (non-hydrogen) atoms. The van der Waals surface area contributed by atoms with Gasteiger partial charge in [-0.15, -0.1) is 8.78 Å². The topological polar surface area (TPSA) is 63.6 Å². The summed E-state index contributed by atoms with van der Waals surface area (Å²) >= 11 is 0. The average molecular weight is 154 g/mol. The maximum atomic E-state index is 10.8. The van der Waals surface area contributed by atoms with E-state index in [1.54, 1.807) is 0 Å². The molecule has 0 amide bonds. The largest absolute Gasteiger partial charge is 0.500 e. The Kier molecular flexibility index (Phi) is 8.56. The van der Waals surface area contributed by atoms with Gasteiger partial charge < -0.3 is 9.84 Å². The number of halogens is 2. The fourth-order valence-electron chi connectivity index (χ4n) is 0.0655. The van der Waals surface area contributed by atoms with Crippen molar-refractivity contribution in [3.63, 3.8) is 0 Å². The van der Waals surface area contributed by atoms with Crippen molar-refractivity contribution in [2.45, 2.75) is 0 Å². The number of carboxylic acid groups (broad SMARTS) is 1. The fourth-order valence-corrected chi connectivity index (χ4v) is 0.0655. The minimum atomic E-state index is -2.33. The first-order chi connectivity index (χ1) is 4.50. The van der Waals surface area contributed by atoms with Crippen LogP contribution in [0.5, 0.6) is 0 Å². The predicted molar refractivity (Wildman–Crippen MR) is 26.9 cm³/mol. The highest BCUT2D eigenvalue weighted by atomic mass is 19.1. The zero-order valence-electron chi connectivity index (χ0n) is 4.71. The van der Waals surface area contributed by atoms with Gasteiger partial charge in [0.1, 0.15) is 0 Å². The quantitative estimate of drug-likeness (QED) is 0.462. The summed E-state index contributed by atoms with van der Waals surface area (Å²) in [6, 6.07) is 0. The second kappa shape index (κ2) is 7.54. The molecule has 0 aromatic rings. The molecule has 0 atom stereocenters. The van der Waals surface area contributed by atoms with E-state index in [0.29, 0.717) is 0 Å². The fraction of sp³-hybridized carbons (Fsp3) is 0. The second-order valence-electron chi connectivity index (χ2n) is 0.775. The summed E-state index contributed by atoms with van der Waals surface area (Å²) in [6.07, 6.45) is -3.44. The average Bonchev–Trinajstić information content (AvgIpc) is 1.62. The summed E-state index contributed by atoms with van der Waals surface area (Å²) in [7, 11) is 0. The molecule has 0 saturated carbocycles. The van der Waals surface area contributed by atoms with Crippen LogP contribution in [0.25, 0.3) is 0 Å². The van der Waals surface area contributed by atoms with Gasteiger partial charge in [0.2, 0.25) is 0 Å². The molecule has 6 heteroatoms. The summed E-state index contributed by atoms with van der Waals surface area (Å²) in [5, 5.41) is 6.75. The SMILES string of the molecule is C=COC(=O)F.O=C(O)F. The van der Waals surface area contributed by atoms with Gasteiger partial charge in [-0.2, -0.15) is 0 Å². The van der Waals surface area contributed by atoms with E-state index < -0.39 is 12.4 Å². The minimum Gasteiger partial charge on any atom is -0.456 e. The van der Waals surface area contributed by atoms with E-state index in [0.717, 1.165) is 6.26 Å². The van der Waals surface area contributed by atoms with E-state index in [2.05, 4.69) is 11.3 Å². The summed E-state index contributed by atoms with van der Waals surface area (Å²) in [5.74, 6) is 0. The Hall–Kier alpha value is -1.46. The molecule has 0 spiro atoms. The molecule has 0 aliphatic rings. The van der Waals surface area contributed by atoms with Crippen LogP contribution >= 0.6 is 0 Å². The first kappa shape index (κ1) is 11.4. The molecule has 0 rings (SSSR count). The van der Waals surface area contributed by atoms with Crippen molar-refractivity contribution in [3.8, 4) is 0 Å². The van der Waals surface area contributed by atoms with E-state index in [-0.39, 0.29) is 0 Å². The number of carbonyl (C=O) groups excluding carboxylic acids is 1. The molecule has 0 heterocycles. The lowest BCUT2D eigenvalue weighted by molar-refractivity contribution is 0.159. The Bertz CT molecular complexity index is 129. The van der Waals surface area contributed by atoms with Crippen molar-refractivity contribution in [2.24, 2.45) is 0 Å². The second-order valence-corrected chi connectivity index (χ2v) is 0.775. The maximum Gasteiger partial charge on any atom is 0.500 e. The molecule has 0 aromatic heterocycles. The van der Waals surface area contributed by atoms with Gasteiger partial charge in [0.15, 0.2) is 0 Å². The zero-order valence-corrected chi connectivity index (χ0v) is 4.71. The molecule has 0 saturated heterocycles. The summed E-state index contributed by atoms with van der Waals surface area (Å²) in [5.41, 5.74) is 0. The van der Waals surface area contributed by atoms with Crippen LogP contribution in [-0.2, 0) is 4.74 Å². The third-order valence-corrected chi connectivity index (χ3v) is 0.176. The van der Waals surface area contributed by atoms with Gasteiger partial charge in [-0.3, -0.25) is 0 Å². The number of ether oxygens (including phenoxy) is 1. The van der Waals surface area contributed by atoms with Crippen molar-refractivity contribution in [1.82, 2.24) is 0 Å². The van der Waals surface area contributed by atoms with Crippen LogP contribution in [0.1, 0.15) is 0 Å². The summed E-state index contributed by atoms with van der Waals surface area (Å²) in [6.45, 7) is 2.92. The first-order valence-electron chi connectivity index (χ1n) is 1.86. The number of carbonyl (C=O) groups is 2. The molecule has 0 unspecified atom stereocenters. The highest BCUT2D eigenvalue weighted by Gasteiger charge is 1.87. The van der Waals surface area contributed by atoms with E-state index in [1.165, 1.54) is 0 Å². The standard InChI is InChI=1S/C3H3FO2.CHFO2/c1-2-6-3(4)5;2-1(3)4/h2H,1H2;(H,3,4). The third-order valence-electron chi connectivity index (χ3n) is 0.176. The Morgan fingerprint density at radius 3 is 1.80 bits per heavy atom. The van der Waals surface area contributed by atoms with Gasteiger partial charge in [0.25, 0.3) is 0 Å². The monoisotopic (exact) mass is 154 g/mol. The van der Waals surface area contributed by atoms with E-state index >= 15 is 0 Å². The molecule has 0 aliphatic carbocycles. The van der Waals surface area contributed by atoms with Crippen molar-refractivity contribution in [2.75, 3.05) is 0 Å². The Morgan fingerprint density at radius 1 is 1.50 bits per heavy atom. The predicted octanol–water partition coefficient (Wildman–Crippen LogP) is 1.87.